The first-order chi connectivity index (χ1) is 9.94. The van der Waals surface area contributed by atoms with Crippen LogP contribution in [-0.2, 0) is 15.6 Å². The van der Waals surface area contributed by atoms with Crippen LogP contribution in [0.4, 0.5) is 0 Å². The molecule has 110 valence electrons. The van der Waals surface area contributed by atoms with Crippen molar-refractivity contribution >= 4 is 15.8 Å². The predicted octanol–water partition coefficient (Wildman–Crippen LogP) is 1.76. The zero-order valence-electron chi connectivity index (χ0n) is 11.2. The van der Waals surface area contributed by atoms with Crippen molar-refractivity contribution in [3.8, 4) is 5.75 Å². The molecule has 0 atom stereocenters. The first-order valence-electron chi connectivity index (χ1n) is 5.97. The highest BCUT2D eigenvalue weighted by Gasteiger charge is 2.20. The molecular weight excluding hydrogens is 294 g/mol. The van der Waals surface area contributed by atoms with Gasteiger partial charge >= 0.3 is 5.97 Å². The molecule has 0 fully saturated rings. The normalized spacial score (nSPS) is 11.1. The molecule has 1 aromatic carbocycles. The van der Waals surface area contributed by atoms with Crippen molar-refractivity contribution in [1.82, 2.24) is 4.98 Å². The van der Waals surface area contributed by atoms with Gasteiger partial charge in [-0.25, -0.2) is 13.2 Å². The number of carboxylic acid groups (broad SMARTS) is 1. The van der Waals surface area contributed by atoms with Gasteiger partial charge in [-0.2, -0.15) is 0 Å². The third-order valence-corrected chi connectivity index (χ3v) is 4.53. The number of aromatic nitrogens is 1. The van der Waals surface area contributed by atoms with Gasteiger partial charge in [0.2, 0.25) is 0 Å². The number of benzene rings is 1. The Morgan fingerprint density at radius 3 is 2.67 bits per heavy atom. The van der Waals surface area contributed by atoms with Crippen molar-refractivity contribution in [1.29, 1.82) is 0 Å². The highest BCUT2D eigenvalue weighted by Crippen LogP contribution is 2.24. The van der Waals surface area contributed by atoms with E-state index in [2.05, 4.69) is 4.98 Å². The highest BCUT2D eigenvalue weighted by atomic mass is 32.2. The molecule has 6 nitrogen and oxygen atoms in total. The average Bonchev–Trinajstić information content (AvgIpc) is 2.47. The minimum absolute atomic E-state index is 0.0652. The van der Waals surface area contributed by atoms with Crippen LogP contribution in [0.15, 0.2) is 47.6 Å². The van der Waals surface area contributed by atoms with Crippen LogP contribution < -0.4 is 4.74 Å². The summed E-state index contributed by atoms with van der Waals surface area (Å²) in [5, 5.41) is 9.09. The van der Waals surface area contributed by atoms with Crippen molar-refractivity contribution in [2.24, 2.45) is 0 Å². The van der Waals surface area contributed by atoms with Gasteiger partial charge in [0, 0.05) is 12.4 Å². The Hall–Kier alpha value is -2.41. The van der Waals surface area contributed by atoms with Gasteiger partial charge in [-0.05, 0) is 29.8 Å². The first-order valence-corrected chi connectivity index (χ1v) is 7.62. The van der Waals surface area contributed by atoms with Crippen LogP contribution in [0.25, 0.3) is 0 Å². The summed E-state index contributed by atoms with van der Waals surface area (Å²) in [4.78, 5) is 14.9. The van der Waals surface area contributed by atoms with Crippen LogP contribution in [0.3, 0.4) is 0 Å². The lowest BCUT2D eigenvalue weighted by atomic mass is 10.2. The van der Waals surface area contributed by atoms with E-state index in [0.717, 1.165) is 6.07 Å². The lowest BCUT2D eigenvalue weighted by Gasteiger charge is -2.08. The van der Waals surface area contributed by atoms with E-state index in [1.165, 1.54) is 25.4 Å². The molecule has 0 radical (unpaired) electrons. The van der Waals surface area contributed by atoms with Crippen LogP contribution in [0.1, 0.15) is 15.9 Å². The number of carboxylic acids is 1. The topological polar surface area (TPSA) is 93.6 Å². The number of rotatable bonds is 5. The Bertz CT molecular complexity index is 756. The second-order valence-electron chi connectivity index (χ2n) is 4.29. The second-order valence-corrected chi connectivity index (χ2v) is 6.28. The van der Waals surface area contributed by atoms with Gasteiger partial charge in [0.15, 0.2) is 9.84 Å². The molecule has 7 heteroatoms. The molecule has 0 amide bonds. The number of hydrogen-bond donors (Lipinski definition) is 1. The maximum Gasteiger partial charge on any atom is 0.339 e. The molecule has 0 aliphatic carbocycles. The number of hydrogen-bond acceptors (Lipinski definition) is 5. The molecule has 1 aromatic heterocycles. The third kappa shape index (κ3) is 3.38. The molecule has 2 rings (SSSR count). The third-order valence-electron chi connectivity index (χ3n) is 2.84. The van der Waals surface area contributed by atoms with E-state index in [4.69, 9.17) is 9.84 Å². The van der Waals surface area contributed by atoms with Crippen molar-refractivity contribution in [3.63, 3.8) is 0 Å². The number of nitrogens with zero attached hydrogens (tertiary/aromatic N) is 1. The molecule has 0 saturated carbocycles. The molecule has 21 heavy (non-hydrogen) atoms. The van der Waals surface area contributed by atoms with Gasteiger partial charge in [-0.15, -0.1) is 0 Å². The summed E-state index contributed by atoms with van der Waals surface area (Å²) < 4.78 is 29.5. The van der Waals surface area contributed by atoms with Crippen LogP contribution in [0, 0.1) is 0 Å². The van der Waals surface area contributed by atoms with Gasteiger partial charge in [0.25, 0.3) is 0 Å². The summed E-state index contributed by atoms with van der Waals surface area (Å²) in [6.45, 7) is 0. The van der Waals surface area contributed by atoms with E-state index < -0.39 is 15.8 Å². The fourth-order valence-corrected chi connectivity index (χ4v) is 3.18. The van der Waals surface area contributed by atoms with Gasteiger partial charge in [-0.3, -0.25) is 4.98 Å². The van der Waals surface area contributed by atoms with Crippen LogP contribution in [-0.4, -0.2) is 31.6 Å². The quantitative estimate of drug-likeness (QED) is 0.904. The van der Waals surface area contributed by atoms with E-state index in [1.54, 1.807) is 18.3 Å². The first kappa shape index (κ1) is 15.0. The van der Waals surface area contributed by atoms with E-state index >= 15 is 0 Å². The molecule has 0 aliphatic heterocycles. The second kappa shape index (κ2) is 5.92. The maximum atomic E-state index is 12.3. The fourth-order valence-electron chi connectivity index (χ4n) is 1.83. The summed E-state index contributed by atoms with van der Waals surface area (Å²) in [7, 11) is -2.33. The summed E-state index contributed by atoms with van der Waals surface area (Å²) in [6.07, 6.45) is 3.01. The SMILES string of the molecule is COc1ccc(S(=O)(=O)Cc2cccnc2)cc1C(=O)O. The molecule has 0 bridgehead atoms. The largest absolute Gasteiger partial charge is 0.496 e. The fraction of sp³-hybridized carbons (Fsp3) is 0.143. The standard InChI is InChI=1S/C14H13NO5S/c1-20-13-5-4-11(7-12(13)14(16)17)21(18,19)9-10-3-2-6-15-8-10/h2-8H,9H2,1H3,(H,16,17). The Morgan fingerprint density at radius 2 is 2.10 bits per heavy atom. The molecule has 0 saturated heterocycles. The summed E-state index contributed by atoms with van der Waals surface area (Å²) in [5.74, 6) is -1.38. The Balaban J connectivity index is 2.41. The minimum Gasteiger partial charge on any atom is -0.496 e. The summed E-state index contributed by atoms with van der Waals surface area (Å²) >= 11 is 0. The zero-order valence-corrected chi connectivity index (χ0v) is 12.0. The summed E-state index contributed by atoms with van der Waals surface area (Å²) in [6, 6.07) is 7.05. The molecule has 0 unspecified atom stereocenters. The van der Waals surface area contributed by atoms with Crippen LogP contribution in [0.5, 0.6) is 5.75 Å². The smallest absolute Gasteiger partial charge is 0.339 e. The van der Waals surface area contributed by atoms with E-state index in [9.17, 15) is 13.2 Å². The highest BCUT2D eigenvalue weighted by molar-refractivity contribution is 7.90. The molecule has 1 heterocycles. The molecular formula is C14H13NO5S. The van der Waals surface area contributed by atoms with Crippen molar-refractivity contribution in [2.75, 3.05) is 7.11 Å². The summed E-state index contributed by atoms with van der Waals surface area (Å²) in [5.41, 5.74) is 0.343. The van der Waals surface area contributed by atoms with Crippen molar-refractivity contribution < 1.29 is 23.1 Å². The Morgan fingerprint density at radius 1 is 1.33 bits per heavy atom. The number of pyridine rings is 1. The van der Waals surface area contributed by atoms with Gasteiger partial charge in [-0.1, -0.05) is 6.07 Å². The van der Waals surface area contributed by atoms with Crippen LogP contribution >= 0.6 is 0 Å². The number of ether oxygens (including phenoxy) is 1. The number of carbonyl (C=O) groups is 1. The van der Waals surface area contributed by atoms with Crippen LogP contribution in [0.2, 0.25) is 0 Å². The lowest BCUT2D eigenvalue weighted by Crippen LogP contribution is -2.08. The van der Waals surface area contributed by atoms with E-state index in [1.807, 2.05) is 0 Å². The van der Waals surface area contributed by atoms with Crippen molar-refractivity contribution in [2.45, 2.75) is 10.6 Å². The molecule has 0 aliphatic rings. The zero-order chi connectivity index (χ0) is 15.5. The monoisotopic (exact) mass is 307 g/mol. The van der Waals surface area contributed by atoms with E-state index in [-0.39, 0.29) is 22.0 Å². The molecule has 1 N–H and O–H groups in total. The Labute approximate surface area is 121 Å². The predicted molar refractivity (Wildman–Crippen MR) is 75.1 cm³/mol. The number of aromatic carboxylic acids is 1. The maximum absolute atomic E-state index is 12.3. The number of sulfone groups is 1. The Kier molecular flexibility index (Phi) is 4.23. The van der Waals surface area contributed by atoms with Gasteiger partial charge < -0.3 is 9.84 Å². The molecule has 2 aromatic rings. The molecule has 0 spiro atoms. The lowest BCUT2D eigenvalue weighted by molar-refractivity contribution is 0.0693. The number of methoxy groups -OCH3 is 1. The minimum atomic E-state index is -3.65. The van der Waals surface area contributed by atoms with Gasteiger partial charge in [0.1, 0.15) is 11.3 Å². The van der Waals surface area contributed by atoms with E-state index in [0.29, 0.717) is 5.56 Å². The van der Waals surface area contributed by atoms with Crippen molar-refractivity contribution in [3.05, 3.63) is 53.9 Å². The van der Waals surface area contributed by atoms with Gasteiger partial charge in [0.05, 0.1) is 17.8 Å². The average molecular weight is 307 g/mol.